The molecular weight excluding hydrogens is 254 g/mol. The van der Waals surface area contributed by atoms with Gasteiger partial charge in [-0.15, -0.1) is 0 Å². The lowest BCUT2D eigenvalue weighted by Crippen LogP contribution is -2.46. The lowest BCUT2D eigenvalue weighted by atomic mass is 10.0. The molecule has 1 atom stereocenters. The van der Waals surface area contributed by atoms with Crippen molar-refractivity contribution in [1.82, 2.24) is 4.98 Å². The summed E-state index contributed by atoms with van der Waals surface area (Å²) in [5.74, 6) is 0.138. The van der Waals surface area contributed by atoms with E-state index in [-0.39, 0.29) is 6.54 Å². The SMILES string of the molecule is Cc1cc2ccccc2nc1N1CCC(O)(C(N)=O)C1. The second-order valence-corrected chi connectivity index (χ2v) is 5.39. The summed E-state index contributed by atoms with van der Waals surface area (Å²) in [4.78, 5) is 17.9. The zero-order valence-electron chi connectivity index (χ0n) is 11.3. The quantitative estimate of drug-likeness (QED) is 0.853. The lowest BCUT2D eigenvalue weighted by Gasteiger charge is -2.22. The molecule has 2 heterocycles. The average Bonchev–Trinajstić information content (AvgIpc) is 2.82. The normalized spacial score (nSPS) is 22.4. The summed E-state index contributed by atoms with van der Waals surface area (Å²) in [6.07, 6.45) is 0.344. The Morgan fingerprint density at radius 1 is 1.45 bits per heavy atom. The van der Waals surface area contributed by atoms with Crippen LogP contribution in [0.25, 0.3) is 10.9 Å². The van der Waals surface area contributed by atoms with Crippen LogP contribution < -0.4 is 10.6 Å². The third-order valence-electron chi connectivity index (χ3n) is 3.89. The summed E-state index contributed by atoms with van der Waals surface area (Å²) in [5, 5.41) is 11.2. The number of carbonyl (C=O) groups is 1. The first-order valence-electron chi connectivity index (χ1n) is 6.63. The van der Waals surface area contributed by atoms with E-state index in [4.69, 9.17) is 5.73 Å². The van der Waals surface area contributed by atoms with Crippen molar-refractivity contribution in [2.45, 2.75) is 18.9 Å². The van der Waals surface area contributed by atoms with Crippen LogP contribution >= 0.6 is 0 Å². The molecule has 0 aliphatic carbocycles. The molecule has 2 aromatic rings. The number of pyridine rings is 1. The Morgan fingerprint density at radius 3 is 2.90 bits per heavy atom. The zero-order valence-corrected chi connectivity index (χ0v) is 11.3. The van der Waals surface area contributed by atoms with Gasteiger partial charge in [0.15, 0.2) is 5.60 Å². The number of amides is 1. The number of rotatable bonds is 2. The maximum absolute atomic E-state index is 11.3. The number of anilines is 1. The molecule has 1 saturated heterocycles. The van der Waals surface area contributed by atoms with Crippen molar-refractivity contribution in [2.75, 3.05) is 18.0 Å². The van der Waals surface area contributed by atoms with E-state index in [1.807, 2.05) is 36.1 Å². The topological polar surface area (TPSA) is 79.4 Å². The summed E-state index contributed by atoms with van der Waals surface area (Å²) < 4.78 is 0. The maximum atomic E-state index is 11.3. The number of β-amino-alcohol motifs (C(OH)–C–C–N with tert-alkyl or cyclic N) is 1. The number of benzene rings is 1. The van der Waals surface area contributed by atoms with Gasteiger partial charge >= 0.3 is 0 Å². The van der Waals surface area contributed by atoms with E-state index in [9.17, 15) is 9.90 Å². The predicted octanol–water partition coefficient (Wildman–Crippen LogP) is 0.970. The van der Waals surface area contributed by atoms with Crippen molar-refractivity contribution in [1.29, 1.82) is 0 Å². The number of aliphatic hydroxyl groups is 1. The molecule has 1 aliphatic rings. The maximum Gasteiger partial charge on any atom is 0.251 e. The highest BCUT2D eigenvalue weighted by atomic mass is 16.3. The Hall–Kier alpha value is -2.14. The van der Waals surface area contributed by atoms with Gasteiger partial charge in [-0.2, -0.15) is 0 Å². The molecule has 5 nitrogen and oxygen atoms in total. The largest absolute Gasteiger partial charge is 0.378 e. The minimum atomic E-state index is -1.44. The molecule has 1 aliphatic heterocycles. The van der Waals surface area contributed by atoms with Crippen LogP contribution in [0.3, 0.4) is 0 Å². The summed E-state index contributed by atoms with van der Waals surface area (Å²) in [6.45, 7) is 2.76. The molecule has 1 amide bonds. The molecule has 0 saturated carbocycles. The fourth-order valence-electron chi connectivity index (χ4n) is 2.71. The summed E-state index contributed by atoms with van der Waals surface area (Å²) in [5.41, 5.74) is 5.75. The number of hydrogen-bond donors (Lipinski definition) is 2. The standard InChI is InChI=1S/C15H17N3O2/c1-10-8-11-4-2-3-5-12(11)17-13(10)18-7-6-15(20,9-18)14(16)19/h2-5,8,20H,6-7,9H2,1H3,(H2,16,19). The monoisotopic (exact) mass is 271 g/mol. The number of primary amides is 1. The fourth-order valence-corrected chi connectivity index (χ4v) is 2.71. The third kappa shape index (κ3) is 2.00. The van der Waals surface area contributed by atoms with E-state index >= 15 is 0 Å². The van der Waals surface area contributed by atoms with Crippen molar-refractivity contribution in [3.63, 3.8) is 0 Å². The van der Waals surface area contributed by atoms with E-state index in [0.29, 0.717) is 13.0 Å². The van der Waals surface area contributed by atoms with Crippen LogP contribution in [0.15, 0.2) is 30.3 Å². The molecule has 3 N–H and O–H groups in total. The molecule has 1 unspecified atom stereocenters. The molecule has 1 aromatic heterocycles. The first-order valence-corrected chi connectivity index (χ1v) is 6.63. The number of aryl methyl sites for hydroxylation is 1. The molecular formula is C15H17N3O2. The number of nitrogens with two attached hydrogens (primary N) is 1. The second-order valence-electron chi connectivity index (χ2n) is 5.39. The Balaban J connectivity index is 1.99. The van der Waals surface area contributed by atoms with E-state index in [0.717, 1.165) is 22.3 Å². The Bertz CT molecular complexity index is 686. The molecule has 0 spiro atoms. The Kier molecular flexibility index (Phi) is 2.87. The van der Waals surface area contributed by atoms with Gasteiger partial charge in [-0.3, -0.25) is 4.79 Å². The van der Waals surface area contributed by atoms with Gasteiger partial charge in [-0.05, 0) is 24.6 Å². The molecule has 1 aromatic carbocycles. The predicted molar refractivity (Wildman–Crippen MR) is 77.5 cm³/mol. The number of hydrogen-bond acceptors (Lipinski definition) is 4. The number of fused-ring (bicyclic) bond motifs is 1. The van der Waals surface area contributed by atoms with Crippen molar-refractivity contribution >= 4 is 22.6 Å². The Labute approximate surface area is 117 Å². The van der Waals surface area contributed by atoms with Gasteiger partial charge in [0.1, 0.15) is 5.82 Å². The van der Waals surface area contributed by atoms with E-state index in [1.165, 1.54) is 0 Å². The van der Waals surface area contributed by atoms with Gasteiger partial charge in [-0.25, -0.2) is 4.98 Å². The van der Waals surface area contributed by atoms with Crippen molar-refractivity contribution in [2.24, 2.45) is 5.73 Å². The van der Waals surface area contributed by atoms with Gasteiger partial charge in [0.05, 0.1) is 12.1 Å². The van der Waals surface area contributed by atoms with Crippen molar-refractivity contribution < 1.29 is 9.90 Å². The van der Waals surface area contributed by atoms with Crippen LogP contribution in [0.2, 0.25) is 0 Å². The number of carbonyl (C=O) groups excluding carboxylic acids is 1. The number of para-hydroxylation sites is 1. The van der Waals surface area contributed by atoms with Crippen LogP contribution in [0.1, 0.15) is 12.0 Å². The molecule has 5 heteroatoms. The summed E-state index contributed by atoms with van der Waals surface area (Å²) in [6, 6.07) is 9.96. The van der Waals surface area contributed by atoms with E-state index < -0.39 is 11.5 Å². The minimum absolute atomic E-state index is 0.203. The van der Waals surface area contributed by atoms with Crippen LogP contribution in [0, 0.1) is 6.92 Å². The average molecular weight is 271 g/mol. The van der Waals surface area contributed by atoms with E-state index in [2.05, 4.69) is 11.1 Å². The van der Waals surface area contributed by atoms with E-state index in [1.54, 1.807) is 0 Å². The molecule has 0 radical (unpaired) electrons. The summed E-state index contributed by atoms with van der Waals surface area (Å²) in [7, 11) is 0. The highest BCUT2D eigenvalue weighted by molar-refractivity contribution is 5.85. The van der Waals surface area contributed by atoms with Gasteiger partial charge in [0.2, 0.25) is 0 Å². The van der Waals surface area contributed by atoms with Crippen LogP contribution in [0.5, 0.6) is 0 Å². The van der Waals surface area contributed by atoms with Crippen LogP contribution in [0.4, 0.5) is 5.82 Å². The third-order valence-corrected chi connectivity index (χ3v) is 3.89. The first kappa shape index (κ1) is 12.9. The number of aromatic nitrogens is 1. The van der Waals surface area contributed by atoms with Crippen molar-refractivity contribution in [3.8, 4) is 0 Å². The van der Waals surface area contributed by atoms with Gasteiger partial charge < -0.3 is 15.7 Å². The fraction of sp³-hybridized carbons (Fsp3) is 0.333. The Morgan fingerprint density at radius 2 is 2.20 bits per heavy atom. The summed E-state index contributed by atoms with van der Waals surface area (Å²) >= 11 is 0. The lowest BCUT2D eigenvalue weighted by molar-refractivity contribution is -0.134. The highest BCUT2D eigenvalue weighted by Gasteiger charge is 2.42. The highest BCUT2D eigenvalue weighted by Crippen LogP contribution is 2.29. The van der Waals surface area contributed by atoms with Crippen LogP contribution in [-0.2, 0) is 4.79 Å². The van der Waals surface area contributed by atoms with Crippen LogP contribution in [-0.4, -0.2) is 34.7 Å². The minimum Gasteiger partial charge on any atom is -0.378 e. The first-order chi connectivity index (χ1) is 9.49. The molecule has 1 fully saturated rings. The number of nitrogens with zero attached hydrogens (tertiary/aromatic N) is 2. The molecule has 0 bridgehead atoms. The molecule has 20 heavy (non-hydrogen) atoms. The smallest absolute Gasteiger partial charge is 0.251 e. The molecule has 104 valence electrons. The van der Waals surface area contributed by atoms with Gasteiger partial charge in [-0.1, -0.05) is 18.2 Å². The van der Waals surface area contributed by atoms with Gasteiger partial charge in [0, 0.05) is 18.4 Å². The van der Waals surface area contributed by atoms with Gasteiger partial charge in [0.25, 0.3) is 5.91 Å². The molecule has 3 rings (SSSR count). The second kappa shape index (κ2) is 4.45. The zero-order chi connectivity index (χ0) is 14.3. The van der Waals surface area contributed by atoms with Crippen molar-refractivity contribution in [3.05, 3.63) is 35.9 Å².